The van der Waals surface area contributed by atoms with Crippen LogP contribution >= 0.6 is 11.6 Å². The van der Waals surface area contributed by atoms with E-state index >= 15 is 0 Å². The Bertz CT molecular complexity index is 928. The zero-order valence-electron chi connectivity index (χ0n) is 13.2. The van der Waals surface area contributed by atoms with Crippen LogP contribution in [-0.2, 0) is 14.8 Å². The third kappa shape index (κ3) is 5.28. The number of ketones is 1. The summed E-state index contributed by atoms with van der Waals surface area (Å²) in [5, 5.41) is 7.91. The lowest BCUT2D eigenvalue weighted by molar-refractivity contribution is -0.118. The highest BCUT2D eigenvalue weighted by Crippen LogP contribution is 2.23. The fraction of sp³-hybridized carbons (Fsp3) is 0.125. The normalized spacial score (nSPS) is 11.0. The molecule has 0 saturated carbocycles. The number of sulfonamides is 1. The van der Waals surface area contributed by atoms with Crippen LogP contribution in [0.25, 0.3) is 0 Å². The van der Waals surface area contributed by atoms with Crippen LogP contribution in [0.15, 0.2) is 47.4 Å². The van der Waals surface area contributed by atoms with E-state index in [9.17, 15) is 18.0 Å². The zero-order valence-corrected chi connectivity index (χ0v) is 14.7. The molecule has 0 aliphatic heterocycles. The lowest BCUT2D eigenvalue weighted by atomic mass is 10.1. The molecule has 0 aliphatic rings. The lowest BCUT2D eigenvalue weighted by Crippen LogP contribution is -2.21. The minimum atomic E-state index is -3.87. The third-order valence-corrected chi connectivity index (χ3v) is 4.27. The van der Waals surface area contributed by atoms with Crippen molar-refractivity contribution < 1.29 is 22.7 Å². The van der Waals surface area contributed by atoms with E-state index in [1.54, 1.807) is 0 Å². The number of rotatable bonds is 6. The maximum absolute atomic E-state index is 12.0. The van der Waals surface area contributed by atoms with Gasteiger partial charge in [-0.05, 0) is 43.3 Å². The number of nitrogens with two attached hydrogens (primary N) is 1. The maximum Gasteiger partial charge on any atom is 0.262 e. The van der Waals surface area contributed by atoms with Crippen molar-refractivity contribution in [1.29, 1.82) is 0 Å². The van der Waals surface area contributed by atoms with Crippen LogP contribution in [0.4, 0.5) is 5.69 Å². The molecule has 3 N–H and O–H groups in total. The first-order chi connectivity index (χ1) is 11.7. The fourth-order valence-corrected chi connectivity index (χ4v) is 2.73. The minimum Gasteiger partial charge on any atom is -0.483 e. The third-order valence-electron chi connectivity index (χ3n) is 3.13. The van der Waals surface area contributed by atoms with Gasteiger partial charge in [0.1, 0.15) is 5.75 Å². The maximum atomic E-state index is 12.0. The molecule has 9 heteroatoms. The van der Waals surface area contributed by atoms with E-state index in [1.807, 2.05) is 0 Å². The van der Waals surface area contributed by atoms with Crippen LogP contribution < -0.4 is 15.2 Å². The highest BCUT2D eigenvalue weighted by Gasteiger charge is 2.13. The molecule has 25 heavy (non-hydrogen) atoms. The van der Waals surface area contributed by atoms with Crippen molar-refractivity contribution in [3.63, 3.8) is 0 Å². The van der Waals surface area contributed by atoms with Crippen LogP contribution in [0.5, 0.6) is 5.75 Å². The van der Waals surface area contributed by atoms with E-state index in [0.29, 0.717) is 5.02 Å². The Hall–Kier alpha value is -2.42. The van der Waals surface area contributed by atoms with Crippen molar-refractivity contribution in [3.05, 3.63) is 53.1 Å². The predicted octanol–water partition coefficient (Wildman–Crippen LogP) is 2.21. The van der Waals surface area contributed by atoms with E-state index in [2.05, 4.69) is 5.32 Å². The van der Waals surface area contributed by atoms with Gasteiger partial charge in [0.15, 0.2) is 12.4 Å². The van der Waals surface area contributed by atoms with Crippen molar-refractivity contribution in [3.8, 4) is 5.75 Å². The molecule has 132 valence electrons. The number of amides is 1. The first kappa shape index (κ1) is 18.9. The van der Waals surface area contributed by atoms with Gasteiger partial charge in [0.05, 0.1) is 10.5 Å². The average molecular weight is 383 g/mol. The molecule has 0 fully saturated rings. The predicted molar refractivity (Wildman–Crippen MR) is 93.4 cm³/mol. The molecule has 0 radical (unpaired) electrons. The number of hydrogen-bond donors (Lipinski definition) is 2. The average Bonchev–Trinajstić information content (AvgIpc) is 2.53. The van der Waals surface area contributed by atoms with Gasteiger partial charge in [-0.2, -0.15) is 0 Å². The molecular formula is C16H15ClN2O5S. The summed E-state index contributed by atoms with van der Waals surface area (Å²) in [6.07, 6.45) is 0. The highest BCUT2D eigenvalue weighted by atomic mass is 35.5. The topological polar surface area (TPSA) is 116 Å². The molecule has 2 aromatic rings. The molecule has 0 spiro atoms. The number of carbonyl (C=O) groups is 2. The highest BCUT2D eigenvalue weighted by molar-refractivity contribution is 7.89. The Morgan fingerprint density at radius 3 is 2.56 bits per heavy atom. The van der Waals surface area contributed by atoms with Gasteiger partial charge in [0.25, 0.3) is 5.91 Å². The first-order valence-corrected chi connectivity index (χ1v) is 8.95. The van der Waals surface area contributed by atoms with Crippen LogP contribution in [-0.4, -0.2) is 26.7 Å². The van der Waals surface area contributed by atoms with Crippen LogP contribution in [0.1, 0.15) is 17.3 Å². The van der Waals surface area contributed by atoms with Crippen molar-refractivity contribution in [2.75, 3.05) is 11.9 Å². The number of Topliss-reactive ketones (excluding diaryl/α,β-unsaturated/α-hetero) is 1. The van der Waals surface area contributed by atoms with E-state index in [4.69, 9.17) is 21.5 Å². The second-order valence-electron chi connectivity index (χ2n) is 5.11. The Balaban J connectivity index is 2.06. The molecule has 0 atom stereocenters. The number of halogens is 1. The molecule has 7 nitrogen and oxygen atoms in total. The Morgan fingerprint density at radius 2 is 1.92 bits per heavy atom. The molecule has 0 aromatic heterocycles. The van der Waals surface area contributed by atoms with Gasteiger partial charge in [0, 0.05) is 10.7 Å². The van der Waals surface area contributed by atoms with Crippen LogP contribution in [0, 0.1) is 0 Å². The van der Waals surface area contributed by atoms with Gasteiger partial charge < -0.3 is 10.1 Å². The van der Waals surface area contributed by atoms with Crippen LogP contribution in [0.3, 0.4) is 0 Å². The molecule has 0 saturated heterocycles. The SMILES string of the molecule is CC(=O)c1cc(Cl)ccc1OCC(=O)Nc1cccc(S(N)(=O)=O)c1. The van der Waals surface area contributed by atoms with Gasteiger partial charge >= 0.3 is 0 Å². The summed E-state index contributed by atoms with van der Waals surface area (Å²) in [6.45, 7) is 0.985. The fourth-order valence-electron chi connectivity index (χ4n) is 1.99. The smallest absolute Gasteiger partial charge is 0.262 e. The second kappa shape index (κ2) is 7.64. The first-order valence-electron chi connectivity index (χ1n) is 7.03. The molecule has 2 aromatic carbocycles. The van der Waals surface area contributed by atoms with Gasteiger partial charge in [-0.3, -0.25) is 9.59 Å². The molecular weight excluding hydrogens is 368 g/mol. The second-order valence-corrected chi connectivity index (χ2v) is 7.10. The number of nitrogens with one attached hydrogen (secondary N) is 1. The van der Waals surface area contributed by atoms with Crippen molar-refractivity contribution >= 4 is 39.0 Å². The summed E-state index contributed by atoms with van der Waals surface area (Å²) >= 11 is 5.84. The molecule has 0 heterocycles. The van der Waals surface area contributed by atoms with Crippen molar-refractivity contribution in [1.82, 2.24) is 0 Å². The lowest BCUT2D eigenvalue weighted by Gasteiger charge is -2.11. The van der Waals surface area contributed by atoms with Gasteiger partial charge in [-0.25, -0.2) is 13.6 Å². The Kier molecular flexibility index (Phi) is 5.78. The quantitative estimate of drug-likeness (QED) is 0.743. The van der Waals surface area contributed by atoms with Gasteiger partial charge in [-0.15, -0.1) is 0 Å². The zero-order chi connectivity index (χ0) is 18.6. The number of primary sulfonamides is 1. The van der Waals surface area contributed by atoms with Crippen LogP contribution in [0.2, 0.25) is 5.02 Å². The summed E-state index contributed by atoms with van der Waals surface area (Å²) in [7, 11) is -3.87. The number of hydrogen-bond acceptors (Lipinski definition) is 5. The van der Waals surface area contributed by atoms with E-state index in [0.717, 1.165) is 0 Å². The van der Waals surface area contributed by atoms with E-state index < -0.39 is 15.9 Å². The van der Waals surface area contributed by atoms with Gasteiger partial charge in [-0.1, -0.05) is 17.7 Å². The molecule has 0 bridgehead atoms. The van der Waals surface area contributed by atoms with Gasteiger partial charge in [0.2, 0.25) is 10.0 Å². The molecule has 2 rings (SSSR count). The molecule has 0 unspecified atom stereocenters. The van der Waals surface area contributed by atoms with E-state index in [1.165, 1.54) is 49.4 Å². The van der Waals surface area contributed by atoms with E-state index in [-0.39, 0.29) is 34.3 Å². The van der Waals surface area contributed by atoms with Crippen molar-refractivity contribution in [2.45, 2.75) is 11.8 Å². The number of carbonyl (C=O) groups excluding carboxylic acids is 2. The Morgan fingerprint density at radius 1 is 1.20 bits per heavy atom. The Labute approximate surface area is 149 Å². The monoisotopic (exact) mass is 382 g/mol. The molecule has 0 aliphatic carbocycles. The number of anilines is 1. The van der Waals surface area contributed by atoms with Crippen molar-refractivity contribution in [2.24, 2.45) is 5.14 Å². The summed E-state index contributed by atoms with van der Waals surface area (Å²) in [4.78, 5) is 23.4. The summed E-state index contributed by atoms with van der Waals surface area (Å²) in [5.41, 5.74) is 0.513. The summed E-state index contributed by atoms with van der Waals surface area (Å²) in [6, 6.07) is 9.99. The summed E-state index contributed by atoms with van der Waals surface area (Å²) in [5.74, 6) is -0.555. The number of benzene rings is 2. The minimum absolute atomic E-state index is 0.122. The largest absolute Gasteiger partial charge is 0.483 e. The molecule has 1 amide bonds. The number of ether oxygens (including phenoxy) is 1. The standard InChI is InChI=1S/C16H15ClN2O5S/c1-10(20)14-7-11(17)5-6-15(14)24-9-16(21)19-12-3-2-4-13(8-12)25(18,22)23/h2-8H,9H2,1H3,(H,19,21)(H2,18,22,23). The summed E-state index contributed by atoms with van der Waals surface area (Å²) < 4.78 is 28.0.